The van der Waals surface area contributed by atoms with Crippen LogP contribution < -0.4 is 14.4 Å². The minimum atomic E-state index is -0.542. The van der Waals surface area contributed by atoms with E-state index in [0.717, 1.165) is 0 Å². The van der Waals surface area contributed by atoms with E-state index in [2.05, 4.69) is 4.74 Å². The maximum atomic E-state index is 13.3. The van der Waals surface area contributed by atoms with Crippen molar-refractivity contribution in [3.63, 3.8) is 0 Å². The lowest BCUT2D eigenvalue weighted by atomic mass is 10.1. The molecule has 0 bridgehead atoms. The Kier molecular flexibility index (Phi) is 7.62. The lowest BCUT2D eigenvalue weighted by Gasteiger charge is -2.19. The molecule has 1 aliphatic heterocycles. The van der Waals surface area contributed by atoms with Crippen molar-refractivity contribution in [3.8, 4) is 11.5 Å². The van der Waals surface area contributed by atoms with Crippen LogP contribution in [0.15, 0.2) is 54.2 Å². The number of methoxy groups -OCH3 is 3. The van der Waals surface area contributed by atoms with Crippen LogP contribution in [0.5, 0.6) is 11.5 Å². The number of carbonyl (C=O) groups is 3. The van der Waals surface area contributed by atoms with Gasteiger partial charge in [-0.2, -0.15) is 0 Å². The molecule has 1 fully saturated rings. The van der Waals surface area contributed by atoms with Crippen LogP contribution in [0.3, 0.4) is 0 Å². The maximum Gasteiger partial charge on any atom is 0.343 e. The summed E-state index contributed by atoms with van der Waals surface area (Å²) in [5, 5.41) is 0.153. The first-order valence-electron chi connectivity index (χ1n) is 9.76. The van der Waals surface area contributed by atoms with Gasteiger partial charge in [-0.1, -0.05) is 12.1 Å². The Balaban J connectivity index is 1.90. The molecule has 1 amide bonds. The molecule has 2 aromatic rings. The van der Waals surface area contributed by atoms with Crippen LogP contribution in [-0.2, 0) is 23.9 Å². The van der Waals surface area contributed by atoms with Crippen LogP contribution in [0.1, 0.15) is 5.56 Å². The van der Waals surface area contributed by atoms with Gasteiger partial charge >= 0.3 is 11.9 Å². The van der Waals surface area contributed by atoms with E-state index in [9.17, 15) is 14.4 Å². The number of anilines is 1. The number of nitrogens with zero attached hydrogens (tertiary/aromatic N) is 2. The Labute approximate surface area is 196 Å². The van der Waals surface area contributed by atoms with Gasteiger partial charge in [0.15, 0.2) is 11.7 Å². The van der Waals surface area contributed by atoms with Crippen molar-refractivity contribution < 1.29 is 33.3 Å². The van der Waals surface area contributed by atoms with Crippen LogP contribution >= 0.6 is 12.2 Å². The van der Waals surface area contributed by atoms with Gasteiger partial charge in [-0.05, 0) is 60.3 Å². The van der Waals surface area contributed by atoms with Gasteiger partial charge in [0.05, 0.1) is 27.0 Å². The van der Waals surface area contributed by atoms with Crippen LogP contribution in [0.4, 0.5) is 5.69 Å². The predicted octanol–water partition coefficient (Wildman–Crippen LogP) is 2.39. The van der Waals surface area contributed by atoms with Crippen LogP contribution in [-0.4, -0.2) is 62.3 Å². The molecule has 0 spiro atoms. The quantitative estimate of drug-likeness (QED) is 0.327. The molecule has 0 saturated carbocycles. The van der Waals surface area contributed by atoms with E-state index in [1.165, 1.54) is 24.0 Å². The van der Waals surface area contributed by atoms with E-state index in [-0.39, 0.29) is 29.9 Å². The molecule has 1 heterocycles. The Morgan fingerprint density at radius 1 is 0.909 bits per heavy atom. The fourth-order valence-electron chi connectivity index (χ4n) is 3.01. The second-order valence-electron chi connectivity index (χ2n) is 6.75. The van der Waals surface area contributed by atoms with Gasteiger partial charge in [0, 0.05) is 0 Å². The van der Waals surface area contributed by atoms with Gasteiger partial charge < -0.3 is 23.8 Å². The molecule has 0 atom stereocenters. The van der Waals surface area contributed by atoms with Crippen molar-refractivity contribution in [3.05, 3.63) is 59.8 Å². The van der Waals surface area contributed by atoms with Crippen LogP contribution in [0.2, 0.25) is 0 Å². The fraction of sp³-hybridized carbons (Fsp3) is 0.217. The van der Waals surface area contributed by atoms with Crippen molar-refractivity contribution >= 4 is 46.9 Å². The Bertz CT molecular complexity index is 1080. The summed E-state index contributed by atoms with van der Waals surface area (Å²) < 4.78 is 19.8. The zero-order valence-electron chi connectivity index (χ0n) is 18.3. The van der Waals surface area contributed by atoms with Gasteiger partial charge in [0.1, 0.15) is 23.7 Å². The third-order valence-electron chi connectivity index (χ3n) is 4.75. The molecular formula is C23H22N2O7S. The first-order valence-corrected chi connectivity index (χ1v) is 10.2. The average molecular weight is 471 g/mol. The van der Waals surface area contributed by atoms with E-state index >= 15 is 0 Å². The van der Waals surface area contributed by atoms with Crippen LogP contribution in [0.25, 0.3) is 6.08 Å². The topological polar surface area (TPSA) is 94.6 Å². The molecule has 0 N–H and O–H groups in total. The minimum Gasteiger partial charge on any atom is -0.497 e. The molecule has 0 aromatic heterocycles. The van der Waals surface area contributed by atoms with E-state index in [1.807, 2.05) is 0 Å². The molecule has 0 aliphatic carbocycles. The largest absolute Gasteiger partial charge is 0.497 e. The standard InChI is InChI=1S/C23H22N2O7S/c1-29-17-10-6-16(7-11-17)25-22(28)19(24(23(25)33)13-20(26)30-2)12-15-4-8-18(9-5-15)32-14-21(27)31-3/h4-12H,13-14H2,1-3H3. The highest BCUT2D eigenvalue weighted by molar-refractivity contribution is 7.80. The lowest BCUT2D eigenvalue weighted by Crippen LogP contribution is -2.35. The Morgan fingerprint density at radius 3 is 2.09 bits per heavy atom. The number of rotatable bonds is 8. The number of esters is 2. The highest BCUT2D eigenvalue weighted by atomic mass is 32.1. The molecule has 1 aliphatic rings. The van der Waals surface area contributed by atoms with Crippen molar-refractivity contribution in [1.29, 1.82) is 0 Å². The zero-order valence-corrected chi connectivity index (χ0v) is 19.1. The highest BCUT2D eigenvalue weighted by Gasteiger charge is 2.40. The molecule has 3 rings (SSSR count). The second kappa shape index (κ2) is 10.6. The van der Waals surface area contributed by atoms with Crippen molar-refractivity contribution in [2.75, 3.05) is 39.4 Å². The summed E-state index contributed by atoms with van der Waals surface area (Å²) >= 11 is 5.52. The van der Waals surface area contributed by atoms with Gasteiger partial charge in [-0.15, -0.1) is 0 Å². The molecule has 172 valence electrons. The summed E-state index contributed by atoms with van der Waals surface area (Å²) in [5.74, 6) is -0.335. The molecular weight excluding hydrogens is 448 g/mol. The predicted molar refractivity (Wildman–Crippen MR) is 124 cm³/mol. The zero-order chi connectivity index (χ0) is 24.0. The van der Waals surface area contributed by atoms with Crippen molar-refractivity contribution in [1.82, 2.24) is 4.90 Å². The number of hydrogen-bond acceptors (Lipinski definition) is 8. The summed E-state index contributed by atoms with van der Waals surface area (Å²) in [5.41, 5.74) is 1.41. The van der Waals surface area contributed by atoms with Crippen molar-refractivity contribution in [2.24, 2.45) is 0 Å². The number of hydrogen-bond donors (Lipinski definition) is 0. The van der Waals surface area contributed by atoms with E-state index < -0.39 is 11.9 Å². The number of carbonyl (C=O) groups excluding carboxylic acids is 3. The summed E-state index contributed by atoms with van der Waals surface area (Å²) in [6, 6.07) is 13.6. The molecule has 2 aromatic carbocycles. The smallest absolute Gasteiger partial charge is 0.343 e. The SMILES string of the molecule is COC(=O)COc1ccc(C=C2C(=O)N(c3ccc(OC)cc3)C(=S)N2CC(=O)OC)cc1. The number of benzene rings is 2. The summed E-state index contributed by atoms with van der Waals surface area (Å²) in [6.45, 7) is -0.437. The molecule has 1 saturated heterocycles. The first kappa shape index (κ1) is 23.7. The monoisotopic (exact) mass is 470 g/mol. The van der Waals surface area contributed by atoms with Crippen molar-refractivity contribution in [2.45, 2.75) is 0 Å². The Hall–Kier alpha value is -3.92. The summed E-state index contributed by atoms with van der Waals surface area (Å²) in [4.78, 5) is 39.3. The number of amides is 1. The molecule has 9 nitrogen and oxygen atoms in total. The molecule has 0 unspecified atom stereocenters. The van der Waals surface area contributed by atoms with E-state index in [1.54, 1.807) is 61.7 Å². The van der Waals surface area contributed by atoms with E-state index in [4.69, 9.17) is 26.4 Å². The molecule has 33 heavy (non-hydrogen) atoms. The highest BCUT2D eigenvalue weighted by Crippen LogP contribution is 2.30. The van der Waals surface area contributed by atoms with Gasteiger partial charge in [0.25, 0.3) is 5.91 Å². The average Bonchev–Trinajstić information content (AvgIpc) is 3.07. The lowest BCUT2D eigenvalue weighted by molar-refractivity contribution is -0.143. The van der Waals surface area contributed by atoms with Gasteiger partial charge in [-0.3, -0.25) is 14.5 Å². The van der Waals surface area contributed by atoms with Gasteiger partial charge in [0.2, 0.25) is 0 Å². The normalized spacial score (nSPS) is 14.5. The molecule has 0 radical (unpaired) electrons. The first-order chi connectivity index (χ1) is 15.9. The summed E-state index contributed by atoms with van der Waals surface area (Å²) in [7, 11) is 4.09. The van der Waals surface area contributed by atoms with E-state index in [0.29, 0.717) is 22.7 Å². The Morgan fingerprint density at radius 2 is 1.52 bits per heavy atom. The van der Waals surface area contributed by atoms with Crippen LogP contribution in [0, 0.1) is 0 Å². The van der Waals surface area contributed by atoms with Gasteiger partial charge in [-0.25, -0.2) is 4.79 Å². The summed E-state index contributed by atoms with van der Waals surface area (Å²) in [6.07, 6.45) is 1.62. The number of ether oxygens (including phenoxy) is 4. The second-order valence-corrected chi connectivity index (χ2v) is 7.11. The molecule has 10 heteroatoms. The maximum absolute atomic E-state index is 13.3. The third-order valence-corrected chi connectivity index (χ3v) is 5.15. The fourth-order valence-corrected chi connectivity index (χ4v) is 3.36. The number of thiocarbonyl (C=S) groups is 1. The third kappa shape index (κ3) is 5.47. The minimum absolute atomic E-state index is 0.153.